The zero-order valence-corrected chi connectivity index (χ0v) is 13.3. The molecule has 0 aliphatic carbocycles. The quantitative estimate of drug-likeness (QED) is 0.669. The van der Waals surface area contributed by atoms with E-state index in [1.807, 2.05) is 30.3 Å². The topological polar surface area (TPSA) is 87.7 Å². The number of hydrogen-bond donors (Lipinski definition) is 3. The number of carboxylic acid groups (broad SMARTS) is 1. The van der Waals surface area contributed by atoms with Gasteiger partial charge in [0.05, 0.1) is 0 Å². The van der Waals surface area contributed by atoms with Gasteiger partial charge in [-0.15, -0.1) is 0 Å². The molecule has 0 radical (unpaired) electrons. The van der Waals surface area contributed by atoms with Gasteiger partial charge in [-0.3, -0.25) is 4.79 Å². The molecule has 122 valence electrons. The minimum absolute atomic E-state index is 0.299. The van der Waals surface area contributed by atoms with Gasteiger partial charge in [0.1, 0.15) is 11.6 Å². The van der Waals surface area contributed by atoms with Crippen LogP contribution < -0.4 is 10.6 Å². The molecule has 1 unspecified atom stereocenters. The van der Waals surface area contributed by atoms with E-state index in [0.717, 1.165) is 5.56 Å². The fourth-order valence-electron chi connectivity index (χ4n) is 1.82. The van der Waals surface area contributed by atoms with E-state index in [1.165, 1.54) is 0 Å². The highest BCUT2D eigenvalue weighted by Gasteiger charge is 2.18. The van der Waals surface area contributed by atoms with E-state index in [4.69, 9.17) is 4.74 Å². The molecule has 0 spiro atoms. The van der Waals surface area contributed by atoms with E-state index in [1.54, 1.807) is 20.8 Å². The molecule has 6 nitrogen and oxygen atoms in total. The number of ether oxygens (including phenoxy) is 1. The average Bonchev–Trinajstić information content (AvgIpc) is 2.41. The number of benzene rings is 1. The summed E-state index contributed by atoms with van der Waals surface area (Å²) in [5, 5.41) is 14.7. The van der Waals surface area contributed by atoms with Crippen molar-refractivity contribution in [1.29, 1.82) is 0 Å². The Morgan fingerprint density at radius 3 is 2.36 bits per heavy atom. The fraction of sp³-hybridized carbons (Fsp3) is 0.500. The van der Waals surface area contributed by atoms with Crippen LogP contribution in [-0.2, 0) is 16.0 Å². The first-order valence-corrected chi connectivity index (χ1v) is 7.25. The Hall–Kier alpha value is -2.08. The summed E-state index contributed by atoms with van der Waals surface area (Å²) in [6.45, 7) is 6.00. The molecule has 3 N–H and O–H groups in total. The van der Waals surface area contributed by atoms with E-state index < -0.39 is 23.7 Å². The number of aliphatic carboxylic acids is 1. The van der Waals surface area contributed by atoms with Gasteiger partial charge in [-0.05, 0) is 32.8 Å². The van der Waals surface area contributed by atoms with Crippen LogP contribution in [0.2, 0.25) is 0 Å². The second-order valence-electron chi connectivity index (χ2n) is 5.96. The minimum Gasteiger partial charge on any atom is -0.480 e. The highest BCUT2D eigenvalue weighted by Crippen LogP contribution is 2.06. The lowest BCUT2D eigenvalue weighted by Gasteiger charge is -2.20. The van der Waals surface area contributed by atoms with E-state index in [-0.39, 0.29) is 0 Å². The van der Waals surface area contributed by atoms with E-state index in [2.05, 4.69) is 10.6 Å². The molecule has 1 aromatic rings. The molecule has 0 aromatic heterocycles. The van der Waals surface area contributed by atoms with Gasteiger partial charge < -0.3 is 20.5 Å². The Labute approximate surface area is 130 Å². The van der Waals surface area contributed by atoms with Gasteiger partial charge in [0, 0.05) is 13.1 Å². The molecule has 1 aromatic carbocycles. The number of amides is 1. The zero-order chi connectivity index (χ0) is 16.6. The largest absolute Gasteiger partial charge is 0.480 e. The van der Waals surface area contributed by atoms with Gasteiger partial charge in [0.25, 0.3) is 0 Å². The molecular weight excluding hydrogens is 284 g/mol. The summed E-state index contributed by atoms with van der Waals surface area (Å²) in [7, 11) is 0. The van der Waals surface area contributed by atoms with Crippen LogP contribution in [0.5, 0.6) is 0 Å². The Balaban J connectivity index is 2.34. The first kappa shape index (κ1) is 18.0. The predicted octanol–water partition coefficient (Wildman–Crippen LogP) is 1.80. The van der Waals surface area contributed by atoms with Gasteiger partial charge in [-0.2, -0.15) is 0 Å². The van der Waals surface area contributed by atoms with Crippen molar-refractivity contribution in [2.45, 2.75) is 38.8 Å². The molecule has 1 amide bonds. The molecule has 0 saturated heterocycles. The summed E-state index contributed by atoms with van der Waals surface area (Å²) < 4.78 is 5.09. The Morgan fingerprint density at radius 1 is 1.18 bits per heavy atom. The van der Waals surface area contributed by atoms with Crippen LogP contribution in [0.3, 0.4) is 0 Å². The van der Waals surface area contributed by atoms with Crippen LogP contribution in [-0.4, -0.2) is 41.9 Å². The highest BCUT2D eigenvalue weighted by atomic mass is 16.6. The Bertz CT molecular complexity index is 483. The van der Waals surface area contributed by atoms with Crippen LogP contribution in [0.15, 0.2) is 30.3 Å². The fourth-order valence-corrected chi connectivity index (χ4v) is 1.82. The molecule has 0 bridgehead atoms. The van der Waals surface area contributed by atoms with Crippen molar-refractivity contribution in [3.63, 3.8) is 0 Å². The van der Waals surface area contributed by atoms with Gasteiger partial charge in [0.2, 0.25) is 0 Å². The summed E-state index contributed by atoms with van der Waals surface area (Å²) in [5.74, 6) is -0.916. The molecule has 0 aliphatic heterocycles. The maximum absolute atomic E-state index is 11.5. The van der Waals surface area contributed by atoms with Crippen molar-refractivity contribution < 1.29 is 19.4 Å². The molecule has 22 heavy (non-hydrogen) atoms. The van der Waals surface area contributed by atoms with Crippen molar-refractivity contribution in [2.75, 3.05) is 13.1 Å². The maximum Gasteiger partial charge on any atom is 0.407 e. The van der Waals surface area contributed by atoms with Gasteiger partial charge in [-0.1, -0.05) is 30.3 Å². The number of alkyl carbamates (subject to hydrolysis) is 1. The predicted molar refractivity (Wildman–Crippen MR) is 83.8 cm³/mol. The number of carbonyl (C=O) groups excluding carboxylic acids is 1. The molecule has 0 fully saturated rings. The molecule has 6 heteroatoms. The van der Waals surface area contributed by atoms with E-state index >= 15 is 0 Å². The van der Waals surface area contributed by atoms with Crippen molar-refractivity contribution in [2.24, 2.45) is 0 Å². The smallest absolute Gasteiger partial charge is 0.407 e. The van der Waals surface area contributed by atoms with Crippen molar-refractivity contribution in [3.8, 4) is 0 Å². The standard InChI is InChI=1S/C16H24N2O4/c1-16(2,3)22-15(21)18-10-9-17-13(14(19)20)11-12-7-5-4-6-8-12/h4-8,13,17H,9-11H2,1-3H3,(H,18,21)(H,19,20). The lowest BCUT2D eigenvalue weighted by atomic mass is 10.1. The monoisotopic (exact) mass is 308 g/mol. The third kappa shape index (κ3) is 7.64. The van der Waals surface area contributed by atoms with Crippen LogP contribution in [0, 0.1) is 0 Å². The lowest BCUT2D eigenvalue weighted by molar-refractivity contribution is -0.139. The Kier molecular flexibility index (Phi) is 6.85. The van der Waals surface area contributed by atoms with Crippen LogP contribution in [0.25, 0.3) is 0 Å². The first-order chi connectivity index (χ1) is 10.3. The average molecular weight is 308 g/mol. The van der Waals surface area contributed by atoms with Crippen LogP contribution in [0.4, 0.5) is 4.79 Å². The molecular formula is C16H24N2O4. The highest BCUT2D eigenvalue weighted by molar-refractivity contribution is 5.74. The van der Waals surface area contributed by atoms with Gasteiger partial charge in [-0.25, -0.2) is 4.79 Å². The van der Waals surface area contributed by atoms with Gasteiger partial charge >= 0.3 is 12.1 Å². The second-order valence-corrected chi connectivity index (χ2v) is 5.96. The molecule has 0 saturated carbocycles. The SMILES string of the molecule is CC(C)(C)OC(=O)NCCNC(Cc1ccccc1)C(=O)O. The summed E-state index contributed by atoms with van der Waals surface area (Å²) >= 11 is 0. The molecule has 1 rings (SSSR count). The van der Waals surface area contributed by atoms with Crippen molar-refractivity contribution >= 4 is 12.1 Å². The second kappa shape index (κ2) is 8.38. The van der Waals surface area contributed by atoms with Crippen LogP contribution in [0.1, 0.15) is 26.3 Å². The first-order valence-electron chi connectivity index (χ1n) is 7.25. The number of rotatable bonds is 7. The summed E-state index contributed by atoms with van der Waals surface area (Å²) in [6.07, 6.45) is -0.118. The lowest BCUT2D eigenvalue weighted by Crippen LogP contribution is -2.43. The number of hydrogen-bond acceptors (Lipinski definition) is 4. The third-order valence-electron chi connectivity index (χ3n) is 2.76. The van der Waals surface area contributed by atoms with Crippen molar-refractivity contribution in [1.82, 2.24) is 10.6 Å². The van der Waals surface area contributed by atoms with Gasteiger partial charge in [0.15, 0.2) is 0 Å². The molecule has 1 atom stereocenters. The summed E-state index contributed by atoms with van der Waals surface area (Å²) in [5.41, 5.74) is 0.400. The summed E-state index contributed by atoms with van der Waals surface area (Å²) in [4.78, 5) is 22.7. The minimum atomic E-state index is -0.916. The normalized spacial score (nSPS) is 12.5. The number of nitrogens with one attached hydrogen (secondary N) is 2. The van der Waals surface area contributed by atoms with E-state index in [0.29, 0.717) is 19.5 Å². The Morgan fingerprint density at radius 2 is 1.82 bits per heavy atom. The van der Waals surface area contributed by atoms with E-state index in [9.17, 15) is 14.7 Å². The summed E-state index contributed by atoms with van der Waals surface area (Å²) in [6, 6.07) is 8.71. The maximum atomic E-state index is 11.5. The number of carboxylic acids is 1. The zero-order valence-electron chi connectivity index (χ0n) is 13.3. The third-order valence-corrected chi connectivity index (χ3v) is 2.76. The molecule has 0 aliphatic rings. The van der Waals surface area contributed by atoms with Crippen molar-refractivity contribution in [3.05, 3.63) is 35.9 Å². The van der Waals surface area contributed by atoms with Crippen LogP contribution >= 0.6 is 0 Å². The molecule has 0 heterocycles. The number of carbonyl (C=O) groups is 2.